The molecule has 0 heterocycles. The molecule has 17 heavy (non-hydrogen) atoms. The Hall–Kier alpha value is -2.04. The van der Waals surface area contributed by atoms with Crippen LogP contribution in [0.5, 0.6) is 0 Å². The first-order chi connectivity index (χ1) is 8.16. The van der Waals surface area contributed by atoms with E-state index in [1.54, 1.807) is 24.3 Å². The number of hydrogen-bond donors (Lipinski definition) is 1. The van der Waals surface area contributed by atoms with Crippen LogP contribution in [0.25, 0.3) is 10.4 Å². The van der Waals surface area contributed by atoms with Crippen LogP contribution in [0.4, 0.5) is 0 Å². The second kappa shape index (κ2) is 4.08. The van der Waals surface area contributed by atoms with E-state index in [0.717, 1.165) is 5.56 Å². The van der Waals surface area contributed by atoms with Gasteiger partial charge in [0, 0.05) is 11.3 Å². The molecule has 0 spiro atoms. The van der Waals surface area contributed by atoms with Crippen LogP contribution in [0.1, 0.15) is 11.1 Å². The van der Waals surface area contributed by atoms with Crippen molar-refractivity contribution in [2.45, 2.75) is 18.1 Å². The van der Waals surface area contributed by atoms with Crippen molar-refractivity contribution in [3.05, 3.63) is 45.8 Å². The van der Waals surface area contributed by atoms with E-state index in [2.05, 4.69) is 14.8 Å². The molecule has 2 atom stereocenters. The topological polar surface area (TPSA) is 95.3 Å². The number of rotatable bonds is 2. The number of azide groups is 1. The van der Waals surface area contributed by atoms with Gasteiger partial charge in [0.05, 0.1) is 13.2 Å². The van der Waals surface area contributed by atoms with E-state index in [9.17, 15) is 9.90 Å². The quantitative estimate of drug-likeness (QED) is 0.360. The van der Waals surface area contributed by atoms with E-state index in [1.165, 1.54) is 7.11 Å². The van der Waals surface area contributed by atoms with Gasteiger partial charge in [-0.2, -0.15) is 0 Å². The van der Waals surface area contributed by atoms with E-state index >= 15 is 0 Å². The molecule has 0 radical (unpaired) electrons. The highest BCUT2D eigenvalue weighted by molar-refractivity contribution is 5.85. The van der Waals surface area contributed by atoms with Crippen LogP contribution in [-0.2, 0) is 21.5 Å². The standard InChI is InChI=1S/C11H11N3O3/c1-17-10(16)11(13-14-12)8-5-3-2-4-7(8)6-9(11)15/h2-5,9,15H,6H2,1H3/t9-,11-/m0/s1. The van der Waals surface area contributed by atoms with Gasteiger partial charge in [0.15, 0.2) is 5.54 Å². The van der Waals surface area contributed by atoms with Crippen molar-refractivity contribution in [1.29, 1.82) is 0 Å². The summed E-state index contributed by atoms with van der Waals surface area (Å²) in [5, 5.41) is 13.5. The lowest BCUT2D eigenvalue weighted by molar-refractivity contribution is -0.151. The maximum atomic E-state index is 11.9. The maximum absolute atomic E-state index is 11.9. The second-order valence-electron chi connectivity index (χ2n) is 3.82. The number of carbonyl (C=O) groups is 1. The minimum atomic E-state index is -1.65. The Morgan fingerprint density at radius 1 is 1.65 bits per heavy atom. The molecule has 0 unspecified atom stereocenters. The summed E-state index contributed by atoms with van der Waals surface area (Å²) in [6, 6.07) is 6.98. The monoisotopic (exact) mass is 233 g/mol. The fourth-order valence-electron chi connectivity index (χ4n) is 2.24. The highest BCUT2D eigenvalue weighted by atomic mass is 16.5. The van der Waals surface area contributed by atoms with Gasteiger partial charge in [-0.1, -0.05) is 29.4 Å². The van der Waals surface area contributed by atoms with Gasteiger partial charge in [0.2, 0.25) is 0 Å². The second-order valence-corrected chi connectivity index (χ2v) is 3.82. The van der Waals surface area contributed by atoms with Crippen LogP contribution in [0, 0.1) is 0 Å². The minimum absolute atomic E-state index is 0.268. The van der Waals surface area contributed by atoms with Gasteiger partial charge in [0.1, 0.15) is 0 Å². The number of ether oxygens (including phenoxy) is 1. The molecule has 1 aromatic carbocycles. The van der Waals surface area contributed by atoms with Crippen molar-refractivity contribution in [1.82, 2.24) is 0 Å². The summed E-state index contributed by atoms with van der Waals surface area (Å²) in [7, 11) is 1.20. The van der Waals surface area contributed by atoms with Gasteiger partial charge in [-0.3, -0.25) is 4.79 Å². The lowest BCUT2D eigenvalue weighted by Crippen LogP contribution is -2.42. The summed E-state index contributed by atoms with van der Waals surface area (Å²) in [5.74, 6) is -0.743. The van der Waals surface area contributed by atoms with Crippen LogP contribution in [-0.4, -0.2) is 24.3 Å². The van der Waals surface area contributed by atoms with Crippen LogP contribution in [0.3, 0.4) is 0 Å². The van der Waals surface area contributed by atoms with Crippen molar-refractivity contribution >= 4 is 5.97 Å². The molecule has 1 aliphatic rings. The largest absolute Gasteiger partial charge is 0.468 e. The molecule has 6 heteroatoms. The normalized spacial score (nSPS) is 25.9. The SMILES string of the molecule is COC(=O)[C@]1(N=[N+]=[N-])c2ccccc2C[C@@H]1O. The van der Waals surface area contributed by atoms with Gasteiger partial charge in [-0.25, -0.2) is 0 Å². The molecule has 0 amide bonds. The van der Waals surface area contributed by atoms with E-state index < -0.39 is 17.6 Å². The Labute approximate surface area is 97.5 Å². The third-order valence-corrected chi connectivity index (χ3v) is 3.02. The first-order valence-corrected chi connectivity index (χ1v) is 5.08. The molecule has 1 aliphatic carbocycles. The van der Waals surface area contributed by atoms with Crippen molar-refractivity contribution in [2.75, 3.05) is 7.11 Å². The molecule has 0 aliphatic heterocycles. The van der Waals surface area contributed by atoms with Crippen molar-refractivity contribution < 1.29 is 14.6 Å². The van der Waals surface area contributed by atoms with Crippen LogP contribution in [0.2, 0.25) is 0 Å². The summed E-state index contributed by atoms with van der Waals surface area (Å²) in [4.78, 5) is 14.5. The van der Waals surface area contributed by atoms with Crippen molar-refractivity contribution in [3.63, 3.8) is 0 Å². The molecule has 2 rings (SSSR count). The number of hydrogen-bond acceptors (Lipinski definition) is 4. The smallest absolute Gasteiger partial charge is 0.325 e. The Morgan fingerprint density at radius 2 is 2.35 bits per heavy atom. The Bertz CT molecular complexity index is 510. The highest BCUT2D eigenvalue weighted by Crippen LogP contribution is 2.41. The molecular formula is C11H11N3O3. The minimum Gasteiger partial charge on any atom is -0.468 e. The predicted octanol–water partition coefficient (Wildman–Crippen LogP) is 1.28. The molecule has 1 N–H and O–H groups in total. The summed E-state index contributed by atoms with van der Waals surface area (Å²) in [6.07, 6.45) is -0.826. The fourth-order valence-corrected chi connectivity index (χ4v) is 2.24. The third kappa shape index (κ3) is 1.46. The van der Waals surface area contributed by atoms with Gasteiger partial charge >= 0.3 is 5.97 Å². The van der Waals surface area contributed by atoms with Gasteiger partial charge in [-0.05, 0) is 16.7 Å². The number of nitrogens with zero attached hydrogens (tertiary/aromatic N) is 3. The third-order valence-electron chi connectivity index (χ3n) is 3.02. The molecular weight excluding hydrogens is 222 g/mol. The Balaban J connectivity index is 2.68. The first kappa shape index (κ1) is 11.4. The number of aliphatic hydroxyl groups is 1. The molecule has 1 aromatic rings. The number of benzene rings is 1. The lowest BCUT2D eigenvalue weighted by Gasteiger charge is -2.25. The summed E-state index contributed by atoms with van der Waals surface area (Å²) in [5.41, 5.74) is 8.27. The molecule has 0 saturated heterocycles. The number of carbonyl (C=O) groups excluding carboxylic acids is 1. The first-order valence-electron chi connectivity index (χ1n) is 5.08. The molecule has 0 bridgehead atoms. The van der Waals surface area contributed by atoms with E-state index in [1.807, 2.05) is 0 Å². The number of esters is 1. The van der Waals surface area contributed by atoms with Crippen LogP contribution < -0.4 is 0 Å². The summed E-state index contributed by atoms with van der Waals surface area (Å²) in [6.45, 7) is 0. The average Bonchev–Trinajstić information content (AvgIpc) is 2.63. The van der Waals surface area contributed by atoms with Crippen LogP contribution >= 0.6 is 0 Å². The Morgan fingerprint density at radius 3 is 3.00 bits per heavy atom. The maximum Gasteiger partial charge on any atom is 0.325 e. The van der Waals surface area contributed by atoms with Gasteiger partial charge in [-0.15, -0.1) is 0 Å². The zero-order valence-corrected chi connectivity index (χ0v) is 9.20. The van der Waals surface area contributed by atoms with Crippen molar-refractivity contribution in [3.8, 4) is 0 Å². The number of methoxy groups -OCH3 is 1. The highest BCUT2D eigenvalue weighted by Gasteiger charge is 2.53. The molecule has 0 fully saturated rings. The van der Waals surface area contributed by atoms with E-state index in [0.29, 0.717) is 5.56 Å². The Kier molecular flexibility index (Phi) is 2.75. The summed E-state index contributed by atoms with van der Waals surface area (Å²) < 4.78 is 4.65. The van der Waals surface area contributed by atoms with Crippen LogP contribution in [0.15, 0.2) is 29.4 Å². The average molecular weight is 233 g/mol. The number of aliphatic hydroxyl groups excluding tert-OH is 1. The predicted molar refractivity (Wildman–Crippen MR) is 59.0 cm³/mol. The van der Waals surface area contributed by atoms with Gasteiger partial charge < -0.3 is 9.84 Å². The lowest BCUT2D eigenvalue weighted by atomic mass is 9.91. The molecule has 6 nitrogen and oxygen atoms in total. The van der Waals surface area contributed by atoms with E-state index in [-0.39, 0.29) is 6.42 Å². The zero-order chi connectivity index (χ0) is 12.5. The molecule has 0 aromatic heterocycles. The van der Waals surface area contributed by atoms with Gasteiger partial charge in [0.25, 0.3) is 0 Å². The number of fused-ring (bicyclic) bond motifs is 1. The zero-order valence-electron chi connectivity index (χ0n) is 9.20. The van der Waals surface area contributed by atoms with Crippen molar-refractivity contribution in [2.24, 2.45) is 5.11 Å². The summed E-state index contributed by atoms with van der Waals surface area (Å²) >= 11 is 0. The molecule has 88 valence electrons. The molecule has 0 saturated carbocycles. The fraction of sp³-hybridized carbons (Fsp3) is 0.364. The van der Waals surface area contributed by atoms with E-state index in [4.69, 9.17) is 5.53 Å².